The molecule has 0 bridgehead atoms. The van der Waals surface area contributed by atoms with E-state index in [2.05, 4.69) is 0 Å². The normalized spacial score (nSPS) is 11.8. The molecule has 0 amide bonds. The van der Waals surface area contributed by atoms with Crippen molar-refractivity contribution in [3.8, 4) is 11.5 Å². The van der Waals surface area contributed by atoms with Crippen LogP contribution in [0.3, 0.4) is 0 Å². The van der Waals surface area contributed by atoms with E-state index in [4.69, 9.17) is 0 Å². The lowest BCUT2D eigenvalue weighted by atomic mass is 9.82. The molecule has 1 aromatic carbocycles. The topological polar surface area (TPSA) is 40.5 Å². The van der Waals surface area contributed by atoms with Crippen LogP contribution in [0.15, 0.2) is 6.07 Å². The zero-order valence-corrected chi connectivity index (χ0v) is 9.47. The summed E-state index contributed by atoms with van der Waals surface area (Å²) in [7, 11) is 0. The van der Waals surface area contributed by atoms with E-state index in [1.54, 1.807) is 13.0 Å². The summed E-state index contributed by atoms with van der Waals surface area (Å²) in [6.07, 6.45) is 0. The van der Waals surface area contributed by atoms with Gasteiger partial charge in [-0.15, -0.1) is 0 Å². The van der Waals surface area contributed by atoms with Crippen molar-refractivity contribution in [2.24, 2.45) is 0 Å². The van der Waals surface area contributed by atoms with E-state index in [0.717, 1.165) is 11.1 Å². The van der Waals surface area contributed by atoms with Crippen LogP contribution in [0.2, 0.25) is 0 Å². The maximum Gasteiger partial charge on any atom is 0.121 e. The molecule has 0 atom stereocenters. The van der Waals surface area contributed by atoms with Crippen molar-refractivity contribution in [1.82, 2.24) is 0 Å². The molecule has 0 saturated carbocycles. The minimum Gasteiger partial charge on any atom is -0.508 e. The van der Waals surface area contributed by atoms with Crippen molar-refractivity contribution in [3.63, 3.8) is 0 Å². The van der Waals surface area contributed by atoms with Gasteiger partial charge in [0, 0.05) is 5.56 Å². The fraction of sp³-hybridized carbons (Fsp3) is 0.500. The molecule has 0 unspecified atom stereocenters. The SMILES string of the molecule is Cc1cc(O)c(C(C)(C)C)c(C)c1O. The van der Waals surface area contributed by atoms with Gasteiger partial charge in [0.15, 0.2) is 0 Å². The summed E-state index contributed by atoms with van der Waals surface area (Å²) in [4.78, 5) is 0. The van der Waals surface area contributed by atoms with E-state index in [-0.39, 0.29) is 16.9 Å². The van der Waals surface area contributed by atoms with Gasteiger partial charge in [0.1, 0.15) is 11.5 Å². The summed E-state index contributed by atoms with van der Waals surface area (Å²) < 4.78 is 0. The second-order valence-electron chi connectivity index (χ2n) is 4.81. The van der Waals surface area contributed by atoms with Gasteiger partial charge in [0.05, 0.1) is 0 Å². The van der Waals surface area contributed by atoms with E-state index < -0.39 is 0 Å². The third kappa shape index (κ3) is 1.69. The molecule has 0 saturated heterocycles. The molecule has 2 N–H and O–H groups in total. The summed E-state index contributed by atoms with van der Waals surface area (Å²) >= 11 is 0. The number of rotatable bonds is 0. The van der Waals surface area contributed by atoms with Gasteiger partial charge < -0.3 is 10.2 Å². The van der Waals surface area contributed by atoms with E-state index in [0.29, 0.717) is 5.56 Å². The van der Waals surface area contributed by atoms with Gasteiger partial charge in [-0.1, -0.05) is 20.8 Å². The molecule has 14 heavy (non-hydrogen) atoms. The number of benzene rings is 1. The number of hydrogen-bond donors (Lipinski definition) is 2. The van der Waals surface area contributed by atoms with Gasteiger partial charge in [-0.25, -0.2) is 0 Å². The maximum absolute atomic E-state index is 9.82. The number of phenolic OH excluding ortho intramolecular Hbond substituents is 2. The summed E-state index contributed by atoms with van der Waals surface area (Å²) in [5, 5.41) is 19.6. The van der Waals surface area contributed by atoms with Crippen molar-refractivity contribution in [2.75, 3.05) is 0 Å². The number of hydrogen-bond acceptors (Lipinski definition) is 2. The molecule has 2 heteroatoms. The maximum atomic E-state index is 9.82. The van der Waals surface area contributed by atoms with Crippen molar-refractivity contribution in [3.05, 3.63) is 22.8 Å². The van der Waals surface area contributed by atoms with E-state index in [1.807, 2.05) is 27.7 Å². The Morgan fingerprint density at radius 2 is 1.57 bits per heavy atom. The summed E-state index contributed by atoms with van der Waals surface area (Å²) in [5.74, 6) is 0.554. The smallest absolute Gasteiger partial charge is 0.121 e. The number of phenols is 2. The highest BCUT2D eigenvalue weighted by molar-refractivity contribution is 5.53. The van der Waals surface area contributed by atoms with E-state index >= 15 is 0 Å². The molecule has 0 aromatic heterocycles. The molecule has 0 spiro atoms. The van der Waals surface area contributed by atoms with Crippen LogP contribution < -0.4 is 0 Å². The van der Waals surface area contributed by atoms with E-state index in [9.17, 15) is 10.2 Å². The second-order valence-corrected chi connectivity index (χ2v) is 4.81. The molecule has 0 fully saturated rings. The van der Waals surface area contributed by atoms with E-state index in [1.165, 1.54) is 0 Å². The quantitative estimate of drug-likeness (QED) is 0.623. The van der Waals surface area contributed by atoms with Crippen LogP contribution in [-0.4, -0.2) is 10.2 Å². The molecule has 1 rings (SSSR count). The highest BCUT2D eigenvalue weighted by Crippen LogP contribution is 2.39. The summed E-state index contributed by atoms with van der Waals surface area (Å²) in [5.41, 5.74) is 2.16. The minimum absolute atomic E-state index is 0.153. The first kappa shape index (κ1) is 10.9. The van der Waals surface area contributed by atoms with Gasteiger partial charge in [0.2, 0.25) is 0 Å². The molecule has 0 heterocycles. The predicted molar refractivity (Wildman–Crippen MR) is 57.9 cm³/mol. The van der Waals surface area contributed by atoms with Crippen molar-refractivity contribution in [1.29, 1.82) is 0 Å². The Bertz CT molecular complexity index is 360. The first-order chi connectivity index (χ1) is 6.25. The van der Waals surface area contributed by atoms with Crippen LogP contribution in [0, 0.1) is 13.8 Å². The van der Waals surface area contributed by atoms with Crippen molar-refractivity contribution < 1.29 is 10.2 Å². The van der Waals surface area contributed by atoms with Gasteiger partial charge in [-0.3, -0.25) is 0 Å². The third-order valence-corrected chi connectivity index (χ3v) is 2.46. The largest absolute Gasteiger partial charge is 0.508 e. The first-order valence-electron chi connectivity index (χ1n) is 4.77. The Kier molecular flexibility index (Phi) is 2.49. The fourth-order valence-electron chi connectivity index (χ4n) is 1.90. The molecule has 0 radical (unpaired) electrons. The minimum atomic E-state index is -0.153. The average molecular weight is 194 g/mol. The van der Waals surface area contributed by atoms with Gasteiger partial charge in [-0.2, -0.15) is 0 Å². The predicted octanol–water partition coefficient (Wildman–Crippen LogP) is 3.01. The van der Waals surface area contributed by atoms with Crippen LogP contribution in [0.5, 0.6) is 11.5 Å². The summed E-state index contributed by atoms with van der Waals surface area (Å²) in [6, 6.07) is 1.61. The Labute approximate surface area is 85.2 Å². The van der Waals surface area contributed by atoms with Crippen molar-refractivity contribution >= 4 is 0 Å². The molecule has 2 nitrogen and oxygen atoms in total. The zero-order chi connectivity index (χ0) is 11.1. The first-order valence-corrected chi connectivity index (χ1v) is 4.77. The summed E-state index contributed by atoms with van der Waals surface area (Å²) in [6.45, 7) is 9.68. The second kappa shape index (κ2) is 3.19. The lowest BCUT2D eigenvalue weighted by molar-refractivity contribution is 0.429. The third-order valence-electron chi connectivity index (χ3n) is 2.46. The monoisotopic (exact) mass is 194 g/mol. The Balaban J connectivity index is 3.53. The molecule has 0 aliphatic rings. The van der Waals surface area contributed by atoms with Crippen LogP contribution in [0.1, 0.15) is 37.5 Å². The van der Waals surface area contributed by atoms with Gasteiger partial charge in [0.25, 0.3) is 0 Å². The lowest BCUT2D eigenvalue weighted by Gasteiger charge is -2.24. The highest BCUT2D eigenvalue weighted by atomic mass is 16.3. The standard InChI is InChI=1S/C12H18O2/c1-7-6-9(13)10(12(3,4)5)8(2)11(7)14/h6,13-14H,1-5H3. The fourth-order valence-corrected chi connectivity index (χ4v) is 1.90. The molecular weight excluding hydrogens is 176 g/mol. The zero-order valence-electron chi connectivity index (χ0n) is 9.47. The van der Waals surface area contributed by atoms with Crippen LogP contribution >= 0.6 is 0 Å². The van der Waals surface area contributed by atoms with Gasteiger partial charge >= 0.3 is 0 Å². The Morgan fingerprint density at radius 3 is 2.00 bits per heavy atom. The van der Waals surface area contributed by atoms with Crippen LogP contribution in [0.4, 0.5) is 0 Å². The molecule has 1 aromatic rings. The number of aromatic hydroxyl groups is 2. The molecule has 78 valence electrons. The van der Waals surface area contributed by atoms with Crippen LogP contribution in [0.25, 0.3) is 0 Å². The Morgan fingerprint density at radius 1 is 1.07 bits per heavy atom. The average Bonchev–Trinajstić information content (AvgIpc) is 1.97. The lowest BCUT2D eigenvalue weighted by Crippen LogP contribution is -2.13. The van der Waals surface area contributed by atoms with Gasteiger partial charge in [-0.05, 0) is 36.5 Å². The highest BCUT2D eigenvalue weighted by Gasteiger charge is 2.23. The molecular formula is C12H18O2. The molecule has 0 aliphatic carbocycles. The van der Waals surface area contributed by atoms with Crippen LogP contribution in [-0.2, 0) is 5.41 Å². The van der Waals surface area contributed by atoms with Crippen molar-refractivity contribution in [2.45, 2.75) is 40.0 Å². The molecule has 0 aliphatic heterocycles. The Hall–Kier alpha value is -1.18. The number of aryl methyl sites for hydroxylation is 1.